The number of aryl methyl sites for hydroxylation is 1. The third-order valence-corrected chi connectivity index (χ3v) is 5.52. The van der Waals surface area contributed by atoms with E-state index in [1.807, 2.05) is 0 Å². The Morgan fingerprint density at radius 1 is 1.16 bits per heavy atom. The summed E-state index contributed by atoms with van der Waals surface area (Å²) in [7, 11) is 0. The van der Waals surface area contributed by atoms with Gasteiger partial charge in [0.2, 0.25) is 5.43 Å². The van der Waals surface area contributed by atoms with Crippen LogP contribution in [0.25, 0.3) is 5.69 Å². The topological polar surface area (TPSA) is 73.7 Å². The van der Waals surface area contributed by atoms with Crippen molar-refractivity contribution in [3.05, 3.63) is 57.5 Å². The number of ether oxygens (including phenoxy) is 2. The monoisotopic (exact) mass is 437 g/mol. The predicted octanol–water partition coefficient (Wildman–Crippen LogP) is 2.93. The van der Waals surface area contributed by atoms with Crippen molar-refractivity contribution in [2.45, 2.75) is 44.7 Å². The van der Waals surface area contributed by atoms with E-state index in [9.17, 15) is 22.8 Å². The third kappa shape index (κ3) is 4.22. The summed E-state index contributed by atoms with van der Waals surface area (Å²) < 4.78 is 52.7. The maximum Gasteiger partial charge on any atom is 0.418 e. The lowest BCUT2D eigenvalue weighted by Crippen LogP contribution is -2.51. The number of carbonyl (C=O) groups excluding carboxylic acids is 1. The summed E-state index contributed by atoms with van der Waals surface area (Å²) in [5.74, 6) is -0.632. The molecule has 0 saturated carbocycles. The molecule has 0 bridgehead atoms. The van der Waals surface area contributed by atoms with Crippen LogP contribution in [0.3, 0.4) is 0 Å². The molecule has 0 N–H and O–H groups in total. The van der Waals surface area contributed by atoms with Gasteiger partial charge >= 0.3 is 6.18 Å². The van der Waals surface area contributed by atoms with Crippen LogP contribution in [0.4, 0.5) is 13.2 Å². The first-order valence-electron chi connectivity index (χ1n) is 10.1. The highest BCUT2D eigenvalue weighted by atomic mass is 19.4. The van der Waals surface area contributed by atoms with Crippen molar-refractivity contribution >= 4 is 5.91 Å². The standard InChI is InChI=1S/C21H22F3N3O4/c1-13-12-17(28)18(25-27(13)15-7-3-2-6-14(15)21(22,23)24)19(29)26-9-5-4-8-16(26)20-30-10-11-31-20/h2-3,6-7,12,16,20H,4-5,8-11H2,1H3. The van der Waals surface area contributed by atoms with Gasteiger partial charge in [-0.1, -0.05) is 12.1 Å². The largest absolute Gasteiger partial charge is 0.418 e. The number of nitrogens with zero attached hydrogens (tertiary/aromatic N) is 3. The van der Waals surface area contributed by atoms with Gasteiger partial charge in [0, 0.05) is 18.3 Å². The summed E-state index contributed by atoms with van der Waals surface area (Å²) in [5, 5.41) is 4.08. The van der Waals surface area contributed by atoms with E-state index in [-0.39, 0.29) is 17.4 Å². The number of halogens is 3. The molecule has 2 aliphatic rings. The molecule has 31 heavy (non-hydrogen) atoms. The molecule has 2 saturated heterocycles. The number of hydrogen-bond donors (Lipinski definition) is 0. The van der Waals surface area contributed by atoms with Crippen molar-refractivity contribution < 1.29 is 27.4 Å². The van der Waals surface area contributed by atoms with Crippen LogP contribution in [0.15, 0.2) is 35.1 Å². The van der Waals surface area contributed by atoms with Gasteiger partial charge < -0.3 is 14.4 Å². The molecular formula is C21H22F3N3O4. The lowest BCUT2D eigenvalue weighted by molar-refractivity contribution is -0.137. The molecule has 10 heteroatoms. The second-order valence-electron chi connectivity index (χ2n) is 7.60. The van der Waals surface area contributed by atoms with E-state index in [1.165, 1.54) is 30.0 Å². The fourth-order valence-corrected chi connectivity index (χ4v) is 4.06. The van der Waals surface area contributed by atoms with Crippen molar-refractivity contribution in [2.75, 3.05) is 19.8 Å². The molecule has 7 nitrogen and oxygen atoms in total. The van der Waals surface area contributed by atoms with Crippen molar-refractivity contribution in [2.24, 2.45) is 0 Å². The number of para-hydroxylation sites is 1. The van der Waals surface area contributed by atoms with Crippen LogP contribution >= 0.6 is 0 Å². The summed E-state index contributed by atoms with van der Waals surface area (Å²) in [4.78, 5) is 27.4. The maximum atomic E-state index is 13.5. The van der Waals surface area contributed by atoms with Crippen LogP contribution < -0.4 is 5.43 Å². The Bertz CT molecular complexity index is 1030. The molecule has 0 radical (unpaired) electrons. The van der Waals surface area contributed by atoms with E-state index < -0.39 is 35.1 Å². The Morgan fingerprint density at radius 2 is 1.87 bits per heavy atom. The third-order valence-electron chi connectivity index (χ3n) is 5.52. The van der Waals surface area contributed by atoms with E-state index in [1.54, 1.807) is 0 Å². The van der Waals surface area contributed by atoms with Gasteiger partial charge in [0.1, 0.15) is 0 Å². The average molecular weight is 437 g/mol. The summed E-state index contributed by atoms with van der Waals surface area (Å²) in [5.41, 5.74) is -2.03. The first-order chi connectivity index (χ1) is 14.8. The zero-order chi connectivity index (χ0) is 22.2. The Hall–Kier alpha value is -2.72. The zero-order valence-corrected chi connectivity index (χ0v) is 16.9. The highest BCUT2D eigenvalue weighted by Gasteiger charge is 2.38. The fourth-order valence-electron chi connectivity index (χ4n) is 4.06. The van der Waals surface area contributed by atoms with Gasteiger partial charge in [-0.2, -0.15) is 18.3 Å². The van der Waals surface area contributed by atoms with Crippen LogP contribution in [0.5, 0.6) is 0 Å². The average Bonchev–Trinajstić information content (AvgIpc) is 3.28. The quantitative estimate of drug-likeness (QED) is 0.738. The van der Waals surface area contributed by atoms with Crippen molar-refractivity contribution in [3.63, 3.8) is 0 Å². The van der Waals surface area contributed by atoms with Gasteiger partial charge in [-0.05, 0) is 38.3 Å². The number of aromatic nitrogens is 2. The number of piperidine rings is 1. The summed E-state index contributed by atoms with van der Waals surface area (Å²) in [6.45, 7) is 2.71. The first-order valence-corrected chi connectivity index (χ1v) is 10.1. The Morgan fingerprint density at radius 3 is 2.58 bits per heavy atom. The molecule has 0 aliphatic carbocycles. The number of carbonyl (C=O) groups is 1. The summed E-state index contributed by atoms with van der Waals surface area (Å²) >= 11 is 0. The number of hydrogen-bond acceptors (Lipinski definition) is 5. The van der Waals surface area contributed by atoms with Crippen LogP contribution in [-0.2, 0) is 15.7 Å². The molecule has 0 spiro atoms. The lowest BCUT2D eigenvalue weighted by Gasteiger charge is -2.37. The van der Waals surface area contributed by atoms with Crippen LogP contribution in [0.1, 0.15) is 41.0 Å². The lowest BCUT2D eigenvalue weighted by atomic mass is 10.0. The molecule has 3 heterocycles. The SMILES string of the molecule is Cc1cc(=O)c(C(=O)N2CCCCC2C2OCCO2)nn1-c1ccccc1C(F)(F)F. The maximum absolute atomic E-state index is 13.5. The normalized spacial score (nSPS) is 20.3. The van der Waals surface area contributed by atoms with Gasteiger partial charge in [-0.25, -0.2) is 4.68 Å². The fraction of sp³-hybridized carbons (Fsp3) is 0.476. The Labute approximate surface area is 176 Å². The van der Waals surface area contributed by atoms with E-state index in [2.05, 4.69) is 5.10 Å². The van der Waals surface area contributed by atoms with Gasteiger partial charge in [0.05, 0.1) is 30.5 Å². The number of alkyl halides is 3. The molecule has 1 amide bonds. The van der Waals surface area contributed by atoms with E-state index in [4.69, 9.17) is 9.47 Å². The van der Waals surface area contributed by atoms with Gasteiger partial charge in [0.25, 0.3) is 5.91 Å². The second-order valence-corrected chi connectivity index (χ2v) is 7.60. The molecule has 2 aromatic rings. The Balaban J connectivity index is 1.75. The number of likely N-dealkylation sites (tertiary alicyclic amines) is 1. The van der Waals surface area contributed by atoms with E-state index in [0.29, 0.717) is 26.2 Å². The zero-order valence-electron chi connectivity index (χ0n) is 16.9. The highest BCUT2D eigenvalue weighted by molar-refractivity contribution is 5.92. The Kier molecular flexibility index (Phi) is 5.85. The molecule has 4 rings (SSSR count). The smallest absolute Gasteiger partial charge is 0.348 e. The van der Waals surface area contributed by atoms with Crippen LogP contribution in [0.2, 0.25) is 0 Å². The number of amides is 1. The number of benzene rings is 1. The van der Waals surface area contributed by atoms with E-state index in [0.717, 1.165) is 29.7 Å². The minimum absolute atomic E-state index is 0.191. The molecule has 2 aliphatic heterocycles. The summed E-state index contributed by atoms with van der Waals surface area (Å²) in [6.07, 6.45) is -2.93. The molecule has 1 atom stereocenters. The molecule has 1 aromatic carbocycles. The second kappa shape index (κ2) is 8.43. The highest BCUT2D eigenvalue weighted by Crippen LogP contribution is 2.33. The molecular weight excluding hydrogens is 415 g/mol. The van der Waals surface area contributed by atoms with Gasteiger partial charge in [0.15, 0.2) is 12.0 Å². The van der Waals surface area contributed by atoms with Crippen LogP contribution in [-0.4, -0.2) is 52.7 Å². The van der Waals surface area contributed by atoms with Gasteiger partial charge in [-0.3, -0.25) is 9.59 Å². The number of rotatable bonds is 3. The van der Waals surface area contributed by atoms with Gasteiger partial charge in [-0.15, -0.1) is 0 Å². The summed E-state index contributed by atoms with van der Waals surface area (Å²) in [6, 6.07) is 5.67. The molecule has 2 fully saturated rings. The molecule has 166 valence electrons. The van der Waals surface area contributed by atoms with Crippen molar-refractivity contribution in [3.8, 4) is 5.69 Å². The minimum Gasteiger partial charge on any atom is -0.348 e. The minimum atomic E-state index is -4.62. The van der Waals surface area contributed by atoms with Crippen molar-refractivity contribution in [1.82, 2.24) is 14.7 Å². The molecule has 1 unspecified atom stereocenters. The van der Waals surface area contributed by atoms with Crippen molar-refractivity contribution in [1.29, 1.82) is 0 Å². The molecule has 1 aromatic heterocycles. The van der Waals surface area contributed by atoms with Crippen LogP contribution in [0, 0.1) is 6.92 Å². The van der Waals surface area contributed by atoms with E-state index >= 15 is 0 Å². The predicted molar refractivity (Wildman–Crippen MR) is 104 cm³/mol. The first kappa shape index (κ1) is 21.5.